The molecule has 2 aromatic carbocycles. The Kier molecular flexibility index (Phi) is 10.2. The van der Waals surface area contributed by atoms with Crippen LogP contribution in [0.3, 0.4) is 0 Å². The van der Waals surface area contributed by atoms with Gasteiger partial charge in [-0.2, -0.15) is 0 Å². The lowest BCUT2D eigenvalue weighted by molar-refractivity contribution is -0.138. The van der Waals surface area contributed by atoms with Crippen LogP contribution in [-0.2, 0) is 21.9 Å². The van der Waals surface area contributed by atoms with Crippen molar-refractivity contribution in [2.45, 2.75) is 51.6 Å². The molecular formula is C23H28BrClN2O2S. The van der Waals surface area contributed by atoms with Crippen molar-refractivity contribution in [1.29, 1.82) is 0 Å². The third kappa shape index (κ3) is 7.64. The summed E-state index contributed by atoms with van der Waals surface area (Å²) in [5, 5.41) is 3.68. The summed E-state index contributed by atoms with van der Waals surface area (Å²) in [7, 11) is 0. The molecule has 0 saturated carbocycles. The largest absolute Gasteiger partial charge is 0.352 e. The van der Waals surface area contributed by atoms with Gasteiger partial charge in [-0.25, -0.2) is 0 Å². The number of rotatable bonds is 10. The van der Waals surface area contributed by atoms with Gasteiger partial charge in [0, 0.05) is 27.8 Å². The highest BCUT2D eigenvalue weighted by molar-refractivity contribution is 9.10. The average molecular weight is 512 g/mol. The molecule has 162 valence electrons. The van der Waals surface area contributed by atoms with Gasteiger partial charge in [-0.1, -0.05) is 64.8 Å². The highest BCUT2D eigenvalue weighted by Gasteiger charge is 2.26. The van der Waals surface area contributed by atoms with Gasteiger partial charge in [0.25, 0.3) is 0 Å². The minimum atomic E-state index is -0.559. The molecule has 7 heteroatoms. The zero-order valence-corrected chi connectivity index (χ0v) is 20.7. The molecule has 0 heterocycles. The Hall–Kier alpha value is -1.50. The van der Waals surface area contributed by atoms with Crippen molar-refractivity contribution < 1.29 is 9.59 Å². The number of thioether (sulfide) groups is 1. The molecule has 2 aromatic rings. The predicted molar refractivity (Wildman–Crippen MR) is 130 cm³/mol. The van der Waals surface area contributed by atoms with Crippen LogP contribution >= 0.6 is 39.3 Å². The quantitative estimate of drug-likeness (QED) is 0.447. The van der Waals surface area contributed by atoms with E-state index in [1.807, 2.05) is 62.4 Å². The van der Waals surface area contributed by atoms with E-state index in [2.05, 4.69) is 21.2 Å². The van der Waals surface area contributed by atoms with Gasteiger partial charge in [-0.3, -0.25) is 9.59 Å². The first-order chi connectivity index (χ1) is 14.3. The van der Waals surface area contributed by atoms with Gasteiger partial charge in [0.15, 0.2) is 0 Å². The fourth-order valence-electron chi connectivity index (χ4n) is 2.78. The van der Waals surface area contributed by atoms with E-state index in [1.54, 1.807) is 11.8 Å². The van der Waals surface area contributed by atoms with Crippen LogP contribution in [-0.4, -0.2) is 34.6 Å². The minimum absolute atomic E-state index is 0.0678. The number of nitrogens with zero attached hydrogens (tertiary/aromatic N) is 1. The molecule has 2 amide bonds. The average Bonchev–Trinajstić information content (AvgIpc) is 2.73. The molecule has 2 rings (SSSR count). The van der Waals surface area contributed by atoms with Crippen LogP contribution in [0.1, 0.15) is 38.3 Å². The first-order valence-electron chi connectivity index (χ1n) is 9.97. The zero-order chi connectivity index (χ0) is 22.1. The van der Waals surface area contributed by atoms with Crippen LogP contribution in [0.5, 0.6) is 0 Å². The van der Waals surface area contributed by atoms with E-state index in [9.17, 15) is 9.59 Å². The predicted octanol–water partition coefficient (Wildman–Crippen LogP) is 5.67. The molecule has 0 aromatic heterocycles. The van der Waals surface area contributed by atoms with Crippen molar-refractivity contribution in [3.8, 4) is 0 Å². The lowest BCUT2D eigenvalue weighted by atomic mass is 10.1. The summed E-state index contributed by atoms with van der Waals surface area (Å²) >= 11 is 11.1. The van der Waals surface area contributed by atoms with Gasteiger partial charge in [0.2, 0.25) is 11.8 Å². The minimum Gasteiger partial charge on any atom is -0.352 e. The highest BCUT2D eigenvalue weighted by atomic mass is 79.9. The summed E-state index contributed by atoms with van der Waals surface area (Å²) in [6.45, 7) is 6.15. The van der Waals surface area contributed by atoms with Crippen molar-refractivity contribution in [2.75, 3.05) is 5.75 Å². The van der Waals surface area contributed by atoms with Crippen LogP contribution in [0.2, 0.25) is 5.02 Å². The Morgan fingerprint density at radius 1 is 1.13 bits per heavy atom. The van der Waals surface area contributed by atoms with Gasteiger partial charge in [-0.05, 0) is 49.6 Å². The number of carbonyl (C=O) groups excluding carboxylic acids is 2. The van der Waals surface area contributed by atoms with E-state index in [0.717, 1.165) is 22.0 Å². The molecule has 0 saturated heterocycles. The number of benzene rings is 2. The molecule has 0 aliphatic heterocycles. The van der Waals surface area contributed by atoms with Crippen molar-refractivity contribution in [1.82, 2.24) is 10.2 Å². The summed E-state index contributed by atoms with van der Waals surface area (Å²) < 4.78 is 0.974. The fourth-order valence-corrected chi connectivity index (χ4v) is 4.24. The lowest BCUT2D eigenvalue weighted by Gasteiger charge is -2.29. The van der Waals surface area contributed by atoms with E-state index in [-0.39, 0.29) is 23.6 Å². The van der Waals surface area contributed by atoms with Gasteiger partial charge in [-0.15, -0.1) is 11.8 Å². The number of amides is 2. The smallest absolute Gasteiger partial charge is 0.242 e. The summed E-state index contributed by atoms with van der Waals surface area (Å²) in [6.07, 6.45) is 0.840. The van der Waals surface area contributed by atoms with Gasteiger partial charge < -0.3 is 10.2 Å². The first kappa shape index (κ1) is 24.8. The van der Waals surface area contributed by atoms with E-state index < -0.39 is 6.04 Å². The van der Waals surface area contributed by atoms with Crippen molar-refractivity contribution in [2.24, 2.45) is 0 Å². The van der Waals surface area contributed by atoms with Crippen molar-refractivity contribution in [3.05, 3.63) is 69.2 Å². The van der Waals surface area contributed by atoms with Crippen LogP contribution in [0, 0.1) is 0 Å². The van der Waals surface area contributed by atoms with Gasteiger partial charge >= 0.3 is 0 Å². The molecule has 0 radical (unpaired) electrons. The van der Waals surface area contributed by atoms with Crippen molar-refractivity contribution in [3.63, 3.8) is 0 Å². The standard InChI is InChI=1S/C23H28BrClN2O2S/c1-4-16(2)26-23(29)17(3)27(13-18-9-11-20(24)12-10-18)22(28)15-30-14-19-7-5-6-8-21(19)25/h5-12,16-17H,4,13-15H2,1-3H3,(H,26,29)/t16-,17+/m0/s1. The van der Waals surface area contributed by atoms with Crippen LogP contribution in [0.15, 0.2) is 53.0 Å². The topological polar surface area (TPSA) is 49.4 Å². The maximum absolute atomic E-state index is 13.1. The third-order valence-corrected chi connectivity index (χ3v) is 6.74. The van der Waals surface area contributed by atoms with Crippen LogP contribution in [0.4, 0.5) is 0 Å². The van der Waals surface area contributed by atoms with E-state index >= 15 is 0 Å². The number of halogens is 2. The van der Waals surface area contributed by atoms with E-state index in [1.165, 1.54) is 11.8 Å². The molecule has 0 bridgehead atoms. The van der Waals surface area contributed by atoms with Gasteiger partial charge in [0.05, 0.1) is 5.75 Å². The number of carbonyl (C=O) groups is 2. The fraction of sp³-hybridized carbons (Fsp3) is 0.391. The molecule has 0 aliphatic carbocycles. The summed E-state index contributed by atoms with van der Waals surface area (Å²) in [5.41, 5.74) is 1.98. The molecular weight excluding hydrogens is 484 g/mol. The zero-order valence-electron chi connectivity index (χ0n) is 17.5. The summed E-state index contributed by atoms with van der Waals surface area (Å²) in [4.78, 5) is 27.4. The monoisotopic (exact) mass is 510 g/mol. The number of hydrogen-bond acceptors (Lipinski definition) is 3. The SMILES string of the molecule is CC[C@H](C)NC(=O)[C@@H](C)N(Cc1ccc(Br)cc1)C(=O)CSCc1ccccc1Cl. The highest BCUT2D eigenvalue weighted by Crippen LogP contribution is 2.22. The first-order valence-corrected chi connectivity index (χ1v) is 12.3. The van der Waals surface area contributed by atoms with E-state index in [4.69, 9.17) is 11.6 Å². The maximum atomic E-state index is 13.1. The normalized spacial score (nSPS) is 12.8. The molecule has 30 heavy (non-hydrogen) atoms. The molecule has 0 fully saturated rings. The second-order valence-electron chi connectivity index (χ2n) is 7.23. The van der Waals surface area contributed by atoms with E-state index in [0.29, 0.717) is 17.3 Å². The molecule has 2 atom stereocenters. The molecule has 4 nitrogen and oxygen atoms in total. The Morgan fingerprint density at radius 2 is 1.80 bits per heavy atom. The molecule has 0 spiro atoms. The molecule has 1 N–H and O–H groups in total. The number of hydrogen-bond donors (Lipinski definition) is 1. The Bertz CT molecular complexity index is 847. The van der Waals surface area contributed by atoms with Crippen LogP contribution in [0.25, 0.3) is 0 Å². The second kappa shape index (κ2) is 12.4. The Labute approximate surface area is 196 Å². The summed E-state index contributed by atoms with van der Waals surface area (Å²) in [6, 6.07) is 14.9. The van der Waals surface area contributed by atoms with Crippen molar-refractivity contribution >= 4 is 51.1 Å². The van der Waals surface area contributed by atoms with Gasteiger partial charge in [0.1, 0.15) is 6.04 Å². The Morgan fingerprint density at radius 3 is 2.43 bits per heavy atom. The maximum Gasteiger partial charge on any atom is 0.242 e. The Balaban J connectivity index is 2.08. The molecule has 0 aliphatic rings. The number of nitrogens with one attached hydrogen (secondary N) is 1. The third-order valence-electron chi connectivity index (χ3n) is 4.88. The molecule has 0 unspecified atom stereocenters. The summed E-state index contributed by atoms with van der Waals surface area (Å²) in [5.74, 6) is 0.723. The second-order valence-corrected chi connectivity index (χ2v) is 9.53. The van der Waals surface area contributed by atoms with Crippen LogP contribution < -0.4 is 5.32 Å². The lowest BCUT2D eigenvalue weighted by Crippen LogP contribution is -2.50.